The lowest BCUT2D eigenvalue weighted by atomic mass is 9.86. The van der Waals surface area contributed by atoms with Crippen molar-refractivity contribution >= 4 is 29.6 Å². The summed E-state index contributed by atoms with van der Waals surface area (Å²) in [7, 11) is 0. The molecule has 1 aromatic heterocycles. The Bertz CT molecular complexity index is 506. The van der Waals surface area contributed by atoms with E-state index in [1.54, 1.807) is 0 Å². The van der Waals surface area contributed by atoms with Crippen LogP contribution in [0.2, 0.25) is 0 Å². The number of nitrogens with two attached hydrogens (primary N) is 1. The van der Waals surface area contributed by atoms with Crippen molar-refractivity contribution in [2.24, 2.45) is 5.92 Å². The van der Waals surface area contributed by atoms with E-state index in [0.717, 1.165) is 31.0 Å². The maximum atomic E-state index is 11.8. The Morgan fingerprint density at radius 1 is 1.43 bits per heavy atom. The van der Waals surface area contributed by atoms with Gasteiger partial charge in [0, 0.05) is 6.04 Å². The molecule has 5 N–H and O–H groups in total. The maximum absolute atomic E-state index is 11.8. The molecular weight excluding hydrogens is 292 g/mol. The number of amides is 3. The number of aromatic amines is 1. The highest BCUT2D eigenvalue weighted by Gasteiger charge is 2.23. The van der Waals surface area contributed by atoms with E-state index in [9.17, 15) is 9.59 Å². The number of anilines is 1. The lowest BCUT2D eigenvalue weighted by Crippen LogP contribution is -2.48. The third-order valence-corrected chi connectivity index (χ3v) is 4.34. The summed E-state index contributed by atoms with van der Waals surface area (Å²) in [5.74, 6) is 0.321. The van der Waals surface area contributed by atoms with E-state index in [-0.39, 0.29) is 23.7 Å². The Hall–Kier alpha value is -1.77. The molecule has 0 unspecified atom stereocenters. The van der Waals surface area contributed by atoms with Crippen LogP contribution in [0.15, 0.2) is 5.16 Å². The van der Waals surface area contributed by atoms with E-state index in [4.69, 9.17) is 5.73 Å². The Morgan fingerprint density at radius 3 is 2.86 bits per heavy atom. The summed E-state index contributed by atoms with van der Waals surface area (Å²) in [5, 5.41) is 11.8. The molecule has 0 radical (unpaired) electrons. The molecule has 3 amide bonds. The van der Waals surface area contributed by atoms with Gasteiger partial charge in [0.2, 0.25) is 17.0 Å². The predicted octanol–water partition coefficient (Wildman–Crippen LogP) is 0.884. The van der Waals surface area contributed by atoms with Crippen molar-refractivity contribution in [2.75, 3.05) is 11.5 Å². The molecule has 1 aliphatic rings. The van der Waals surface area contributed by atoms with Crippen LogP contribution in [0.4, 0.5) is 10.7 Å². The molecule has 9 heteroatoms. The number of carbonyl (C=O) groups is 2. The molecule has 116 valence electrons. The van der Waals surface area contributed by atoms with Crippen LogP contribution in [0, 0.1) is 5.92 Å². The minimum Gasteiger partial charge on any atom is -0.368 e. The molecule has 1 saturated carbocycles. The lowest BCUT2D eigenvalue weighted by molar-refractivity contribution is -0.117. The van der Waals surface area contributed by atoms with E-state index in [2.05, 4.69) is 32.7 Å². The number of nitrogens with zero attached hydrogens (tertiary/aromatic N) is 2. The molecule has 0 saturated heterocycles. The highest BCUT2D eigenvalue weighted by molar-refractivity contribution is 7.99. The van der Waals surface area contributed by atoms with Crippen molar-refractivity contribution in [1.82, 2.24) is 25.8 Å². The van der Waals surface area contributed by atoms with Gasteiger partial charge in [-0.05, 0) is 18.8 Å². The zero-order valence-electron chi connectivity index (χ0n) is 11.9. The number of hydrogen-bond acceptors (Lipinski definition) is 6. The van der Waals surface area contributed by atoms with Gasteiger partial charge in [-0.25, -0.2) is 9.89 Å². The van der Waals surface area contributed by atoms with Gasteiger partial charge in [-0.3, -0.25) is 10.1 Å². The van der Waals surface area contributed by atoms with Gasteiger partial charge in [-0.15, -0.1) is 5.10 Å². The summed E-state index contributed by atoms with van der Waals surface area (Å²) in [5.41, 5.74) is 5.38. The average Bonchev–Trinajstić information content (AvgIpc) is 2.85. The SMILES string of the molecule is C[C@@H]1CCCC[C@@H]1NC(=O)NC(=O)CSc1n[nH]c(N)n1. The van der Waals surface area contributed by atoms with Gasteiger partial charge in [-0.2, -0.15) is 4.98 Å². The number of imide groups is 1. The average molecular weight is 312 g/mol. The fraction of sp³-hybridized carbons (Fsp3) is 0.667. The van der Waals surface area contributed by atoms with Gasteiger partial charge in [0.15, 0.2) is 0 Å². The minimum atomic E-state index is -0.436. The normalized spacial score (nSPS) is 21.8. The number of rotatable bonds is 4. The van der Waals surface area contributed by atoms with E-state index in [1.165, 1.54) is 6.42 Å². The Kier molecular flexibility index (Phi) is 5.43. The van der Waals surface area contributed by atoms with Gasteiger partial charge in [0.25, 0.3) is 0 Å². The Morgan fingerprint density at radius 2 is 2.19 bits per heavy atom. The topological polar surface area (TPSA) is 126 Å². The highest BCUT2D eigenvalue weighted by Crippen LogP contribution is 2.23. The highest BCUT2D eigenvalue weighted by atomic mass is 32.2. The van der Waals surface area contributed by atoms with Crippen molar-refractivity contribution in [3.63, 3.8) is 0 Å². The van der Waals surface area contributed by atoms with Crippen LogP contribution in [0.1, 0.15) is 32.6 Å². The summed E-state index contributed by atoms with van der Waals surface area (Å²) < 4.78 is 0. The fourth-order valence-electron chi connectivity index (χ4n) is 2.35. The molecule has 21 heavy (non-hydrogen) atoms. The van der Waals surface area contributed by atoms with E-state index in [0.29, 0.717) is 11.1 Å². The molecule has 1 heterocycles. The van der Waals surface area contributed by atoms with Crippen molar-refractivity contribution < 1.29 is 9.59 Å². The second-order valence-electron chi connectivity index (χ2n) is 5.18. The number of thioether (sulfide) groups is 1. The van der Waals surface area contributed by atoms with Crippen LogP contribution in [0.3, 0.4) is 0 Å². The van der Waals surface area contributed by atoms with Gasteiger partial charge in [0.1, 0.15) is 0 Å². The fourth-order valence-corrected chi connectivity index (χ4v) is 2.96. The second-order valence-corrected chi connectivity index (χ2v) is 6.12. The largest absolute Gasteiger partial charge is 0.368 e. The van der Waals surface area contributed by atoms with Crippen molar-refractivity contribution in [1.29, 1.82) is 0 Å². The molecule has 1 fully saturated rings. The summed E-state index contributed by atoms with van der Waals surface area (Å²) >= 11 is 1.11. The Labute approximate surface area is 127 Å². The smallest absolute Gasteiger partial charge is 0.321 e. The number of H-pyrrole nitrogens is 1. The number of carbonyl (C=O) groups excluding carboxylic acids is 2. The molecule has 1 aromatic rings. The van der Waals surface area contributed by atoms with Crippen LogP contribution in [-0.2, 0) is 4.79 Å². The minimum absolute atomic E-state index is 0.0604. The molecular formula is C12H20N6O2S. The summed E-state index contributed by atoms with van der Waals surface area (Å²) in [4.78, 5) is 27.3. The zero-order valence-corrected chi connectivity index (χ0v) is 12.7. The third-order valence-electron chi connectivity index (χ3n) is 3.50. The molecule has 0 aromatic carbocycles. The maximum Gasteiger partial charge on any atom is 0.321 e. The van der Waals surface area contributed by atoms with Gasteiger partial charge < -0.3 is 11.1 Å². The first kappa shape index (κ1) is 15.6. The van der Waals surface area contributed by atoms with Crippen LogP contribution in [0.25, 0.3) is 0 Å². The molecule has 0 bridgehead atoms. The van der Waals surface area contributed by atoms with E-state index >= 15 is 0 Å². The zero-order chi connectivity index (χ0) is 15.2. The van der Waals surface area contributed by atoms with Crippen molar-refractivity contribution in [3.8, 4) is 0 Å². The van der Waals surface area contributed by atoms with Crippen LogP contribution in [-0.4, -0.2) is 38.9 Å². The number of nitrogen functional groups attached to an aromatic ring is 1. The molecule has 0 aliphatic heterocycles. The standard InChI is InChI=1S/C12H20N6O2S/c1-7-4-2-3-5-8(7)14-11(20)15-9(19)6-21-12-16-10(13)17-18-12/h7-8H,2-6H2,1H3,(H3,13,16,17,18)(H2,14,15,19,20)/t7-,8+/m1/s1. The van der Waals surface area contributed by atoms with E-state index in [1.807, 2.05) is 0 Å². The quantitative estimate of drug-likeness (QED) is 0.612. The van der Waals surface area contributed by atoms with Gasteiger partial charge >= 0.3 is 6.03 Å². The number of urea groups is 1. The second kappa shape index (κ2) is 7.30. The Balaban J connectivity index is 1.70. The third kappa shape index (κ3) is 4.92. The lowest BCUT2D eigenvalue weighted by Gasteiger charge is -2.29. The first-order valence-corrected chi connectivity index (χ1v) is 7.94. The number of hydrogen-bond donors (Lipinski definition) is 4. The van der Waals surface area contributed by atoms with Crippen LogP contribution >= 0.6 is 11.8 Å². The van der Waals surface area contributed by atoms with Crippen molar-refractivity contribution in [2.45, 2.75) is 43.8 Å². The number of nitrogens with one attached hydrogen (secondary N) is 3. The molecule has 2 atom stereocenters. The summed E-state index contributed by atoms with van der Waals surface area (Å²) in [6, 6.07) is -0.291. The molecule has 2 rings (SSSR count). The van der Waals surface area contributed by atoms with Crippen molar-refractivity contribution in [3.05, 3.63) is 0 Å². The summed E-state index contributed by atoms with van der Waals surface area (Å²) in [6.07, 6.45) is 4.40. The summed E-state index contributed by atoms with van der Waals surface area (Å²) in [6.45, 7) is 2.12. The molecule has 0 spiro atoms. The molecule has 1 aliphatic carbocycles. The molecule has 8 nitrogen and oxygen atoms in total. The van der Waals surface area contributed by atoms with Crippen LogP contribution in [0.5, 0.6) is 0 Å². The first-order valence-electron chi connectivity index (χ1n) is 6.95. The van der Waals surface area contributed by atoms with Gasteiger partial charge in [0.05, 0.1) is 5.75 Å². The predicted molar refractivity (Wildman–Crippen MR) is 79.6 cm³/mol. The van der Waals surface area contributed by atoms with E-state index < -0.39 is 6.03 Å². The first-order chi connectivity index (χ1) is 10.0. The monoisotopic (exact) mass is 312 g/mol. The van der Waals surface area contributed by atoms with Crippen LogP contribution < -0.4 is 16.4 Å². The van der Waals surface area contributed by atoms with Gasteiger partial charge in [-0.1, -0.05) is 31.5 Å². The number of aromatic nitrogens is 3.